The molecule has 7 nitrogen and oxygen atoms in total. The van der Waals surface area contributed by atoms with Gasteiger partial charge in [0.2, 0.25) is 17.8 Å². The fraction of sp³-hybridized carbons (Fsp3) is 0.250. The first kappa shape index (κ1) is 21.1. The quantitative estimate of drug-likeness (QED) is 0.610. The normalized spacial score (nSPS) is 13.5. The predicted octanol–water partition coefficient (Wildman–Crippen LogP) is 4.58. The Morgan fingerprint density at radius 1 is 0.897 bits per heavy atom. The number of aromatic nitrogens is 3. The van der Waals surface area contributed by atoms with Crippen LogP contribution in [-0.2, 0) is 4.74 Å². The summed E-state index contributed by atoms with van der Waals surface area (Å²) in [7, 11) is 0. The van der Waals surface area contributed by atoms with Crippen molar-refractivity contribution in [3.63, 3.8) is 0 Å². The summed E-state index contributed by atoms with van der Waals surface area (Å²) in [6.07, 6.45) is 0. The molecule has 0 bridgehead atoms. The molecule has 0 amide bonds. The van der Waals surface area contributed by atoms with Crippen LogP contribution in [0.1, 0.15) is 5.56 Å². The van der Waals surface area contributed by atoms with Gasteiger partial charge in [0, 0.05) is 29.5 Å². The van der Waals surface area contributed by atoms with E-state index in [2.05, 4.69) is 37.4 Å². The fourth-order valence-electron chi connectivity index (χ4n) is 2.84. The van der Waals surface area contributed by atoms with Crippen molar-refractivity contribution in [1.82, 2.24) is 15.0 Å². The van der Waals surface area contributed by atoms with Crippen LogP contribution in [0.25, 0.3) is 0 Å². The third kappa shape index (κ3) is 5.69. The highest BCUT2D eigenvalue weighted by molar-refractivity contribution is 6.30. The highest BCUT2D eigenvalue weighted by Crippen LogP contribution is 2.22. The lowest BCUT2D eigenvalue weighted by atomic mass is 10.2. The zero-order valence-electron chi connectivity index (χ0n) is 15.9. The van der Waals surface area contributed by atoms with Gasteiger partial charge in [0.1, 0.15) is 0 Å². The van der Waals surface area contributed by atoms with Crippen molar-refractivity contribution in [2.45, 2.75) is 6.92 Å². The van der Waals surface area contributed by atoms with E-state index in [0.717, 1.165) is 24.5 Å². The van der Waals surface area contributed by atoms with E-state index < -0.39 is 0 Å². The molecule has 0 atom stereocenters. The standard InChI is InChI=1S/C20H21ClN6O.ClH/c1-14-5-7-16(8-6-14)22-18-24-19(23-17-4-2-3-15(21)13-17)26-20(25-18)27-9-11-28-12-10-27;/h2-8,13H,9-12H2,1H3,(H2,22,23,24,25,26);1H. The first-order chi connectivity index (χ1) is 13.7. The number of benzene rings is 2. The van der Waals surface area contributed by atoms with Crippen LogP contribution in [0.5, 0.6) is 0 Å². The second-order valence-electron chi connectivity index (χ2n) is 6.51. The molecule has 29 heavy (non-hydrogen) atoms. The highest BCUT2D eigenvalue weighted by Gasteiger charge is 2.17. The van der Waals surface area contributed by atoms with Crippen molar-refractivity contribution >= 4 is 53.2 Å². The molecule has 9 heteroatoms. The van der Waals surface area contributed by atoms with Gasteiger partial charge >= 0.3 is 0 Å². The Kier molecular flexibility index (Phi) is 7.09. The van der Waals surface area contributed by atoms with Gasteiger partial charge in [-0.15, -0.1) is 12.4 Å². The zero-order valence-corrected chi connectivity index (χ0v) is 17.5. The van der Waals surface area contributed by atoms with E-state index in [0.29, 0.717) is 36.1 Å². The summed E-state index contributed by atoms with van der Waals surface area (Å²) in [6, 6.07) is 15.5. The average Bonchev–Trinajstić information content (AvgIpc) is 2.70. The summed E-state index contributed by atoms with van der Waals surface area (Å²) in [6.45, 7) is 4.85. The molecule has 0 spiro atoms. The van der Waals surface area contributed by atoms with E-state index in [4.69, 9.17) is 16.3 Å². The lowest BCUT2D eigenvalue weighted by Gasteiger charge is -2.27. The van der Waals surface area contributed by atoms with Crippen molar-refractivity contribution in [2.75, 3.05) is 41.8 Å². The second-order valence-corrected chi connectivity index (χ2v) is 6.94. The zero-order chi connectivity index (χ0) is 19.3. The number of morpholine rings is 1. The van der Waals surface area contributed by atoms with Gasteiger partial charge in [-0.1, -0.05) is 35.4 Å². The van der Waals surface area contributed by atoms with E-state index >= 15 is 0 Å². The van der Waals surface area contributed by atoms with Crippen LogP contribution < -0.4 is 15.5 Å². The molecule has 3 aromatic rings. The molecule has 1 aliphatic heterocycles. The third-order valence-electron chi connectivity index (χ3n) is 4.31. The number of aryl methyl sites for hydroxylation is 1. The Morgan fingerprint density at radius 2 is 1.55 bits per heavy atom. The summed E-state index contributed by atoms with van der Waals surface area (Å²) in [5.74, 6) is 1.54. The van der Waals surface area contributed by atoms with E-state index in [1.807, 2.05) is 48.5 Å². The average molecular weight is 433 g/mol. The molecule has 0 radical (unpaired) electrons. The van der Waals surface area contributed by atoms with Gasteiger partial charge in [-0.25, -0.2) is 0 Å². The molecule has 152 valence electrons. The Balaban J connectivity index is 0.00000240. The Bertz CT molecular complexity index is 948. The lowest BCUT2D eigenvalue weighted by molar-refractivity contribution is 0.122. The maximum atomic E-state index is 6.09. The molecule has 0 saturated carbocycles. The molecule has 4 rings (SSSR count). The molecule has 1 aromatic heterocycles. The summed E-state index contributed by atoms with van der Waals surface area (Å²) in [5.41, 5.74) is 2.92. The van der Waals surface area contributed by atoms with Gasteiger partial charge in [0.05, 0.1) is 13.2 Å². The number of anilines is 5. The van der Waals surface area contributed by atoms with Crippen LogP contribution in [0.3, 0.4) is 0 Å². The fourth-order valence-corrected chi connectivity index (χ4v) is 3.03. The monoisotopic (exact) mass is 432 g/mol. The van der Waals surface area contributed by atoms with Crippen LogP contribution in [0, 0.1) is 6.92 Å². The molecule has 2 heterocycles. The lowest BCUT2D eigenvalue weighted by Crippen LogP contribution is -2.37. The first-order valence-corrected chi connectivity index (χ1v) is 9.48. The van der Waals surface area contributed by atoms with Crippen molar-refractivity contribution in [3.8, 4) is 0 Å². The van der Waals surface area contributed by atoms with E-state index in [9.17, 15) is 0 Å². The minimum atomic E-state index is 0. The van der Waals surface area contributed by atoms with Crippen molar-refractivity contribution in [1.29, 1.82) is 0 Å². The molecule has 1 saturated heterocycles. The molecular weight excluding hydrogens is 411 g/mol. The van der Waals surface area contributed by atoms with Gasteiger partial charge in [-0.3, -0.25) is 0 Å². The van der Waals surface area contributed by atoms with Crippen LogP contribution >= 0.6 is 24.0 Å². The first-order valence-electron chi connectivity index (χ1n) is 9.11. The van der Waals surface area contributed by atoms with E-state index in [1.165, 1.54) is 5.56 Å². The molecule has 1 aliphatic rings. The number of nitrogens with one attached hydrogen (secondary N) is 2. The molecule has 1 fully saturated rings. The minimum Gasteiger partial charge on any atom is -0.378 e. The van der Waals surface area contributed by atoms with Crippen LogP contribution in [-0.4, -0.2) is 41.3 Å². The summed E-state index contributed by atoms with van der Waals surface area (Å²) in [5, 5.41) is 7.12. The second kappa shape index (κ2) is 9.73. The number of ether oxygens (including phenoxy) is 1. The Labute approximate surface area is 180 Å². The van der Waals surface area contributed by atoms with Gasteiger partial charge in [-0.2, -0.15) is 15.0 Å². The van der Waals surface area contributed by atoms with Crippen molar-refractivity contribution < 1.29 is 4.74 Å². The van der Waals surface area contributed by atoms with Gasteiger partial charge in [-0.05, 0) is 37.3 Å². The summed E-state index contributed by atoms with van der Waals surface area (Å²) >= 11 is 6.09. The maximum absolute atomic E-state index is 6.09. The number of rotatable bonds is 5. The molecule has 0 unspecified atom stereocenters. The number of halogens is 2. The molecular formula is C20H22Cl2N6O. The van der Waals surface area contributed by atoms with E-state index in [1.54, 1.807) is 0 Å². The smallest absolute Gasteiger partial charge is 0.233 e. The summed E-state index contributed by atoms with van der Waals surface area (Å²) < 4.78 is 5.44. The number of hydrogen-bond acceptors (Lipinski definition) is 7. The topological polar surface area (TPSA) is 75.2 Å². The van der Waals surface area contributed by atoms with Gasteiger partial charge < -0.3 is 20.3 Å². The van der Waals surface area contributed by atoms with Crippen LogP contribution in [0.4, 0.5) is 29.2 Å². The van der Waals surface area contributed by atoms with Crippen molar-refractivity contribution in [2.24, 2.45) is 0 Å². The third-order valence-corrected chi connectivity index (χ3v) is 4.54. The van der Waals surface area contributed by atoms with Crippen LogP contribution in [0.15, 0.2) is 48.5 Å². The molecule has 0 aliphatic carbocycles. The molecule has 2 aromatic carbocycles. The minimum absolute atomic E-state index is 0. The largest absolute Gasteiger partial charge is 0.378 e. The van der Waals surface area contributed by atoms with Gasteiger partial charge in [0.15, 0.2) is 0 Å². The number of nitrogens with zero attached hydrogens (tertiary/aromatic N) is 4. The Morgan fingerprint density at radius 3 is 2.21 bits per heavy atom. The highest BCUT2D eigenvalue weighted by atomic mass is 35.5. The number of hydrogen-bond donors (Lipinski definition) is 2. The summed E-state index contributed by atoms with van der Waals surface area (Å²) in [4.78, 5) is 15.8. The molecule has 2 N–H and O–H groups in total. The van der Waals surface area contributed by atoms with Crippen molar-refractivity contribution in [3.05, 3.63) is 59.1 Å². The van der Waals surface area contributed by atoms with E-state index in [-0.39, 0.29) is 12.4 Å². The Hall–Kier alpha value is -2.61. The maximum Gasteiger partial charge on any atom is 0.233 e. The van der Waals surface area contributed by atoms with Gasteiger partial charge in [0.25, 0.3) is 0 Å². The van der Waals surface area contributed by atoms with Crippen LogP contribution in [0.2, 0.25) is 5.02 Å². The predicted molar refractivity (Wildman–Crippen MR) is 119 cm³/mol. The SMILES string of the molecule is Cc1ccc(Nc2nc(Nc3cccc(Cl)c3)nc(N3CCOCC3)n2)cc1.Cl.